The molecule has 0 aromatic heterocycles. The number of ether oxygens (including phenoxy) is 1. The van der Waals surface area contributed by atoms with Crippen LogP contribution in [0.15, 0.2) is 18.2 Å². The van der Waals surface area contributed by atoms with Gasteiger partial charge in [0.25, 0.3) is 0 Å². The zero-order valence-corrected chi connectivity index (χ0v) is 11.5. The summed E-state index contributed by atoms with van der Waals surface area (Å²) < 4.78 is 5.64. The van der Waals surface area contributed by atoms with Crippen LogP contribution in [0.2, 0.25) is 0 Å². The van der Waals surface area contributed by atoms with Gasteiger partial charge in [-0.2, -0.15) is 0 Å². The van der Waals surface area contributed by atoms with Gasteiger partial charge in [0.05, 0.1) is 6.61 Å². The number of aryl methyl sites for hydroxylation is 1. The maximum atomic E-state index is 5.64. The van der Waals surface area contributed by atoms with Gasteiger partial charge in [-0.05, 0) is 50.9 Å². The lowest BCUT2D eigenvalue weighted by atomic mass is 10.1. The Morgan fingerprint density at radius 2 is 2.06 bits per heavy atom. The van der Waals surface area contributed by atoms with E-state index in [2.05, 4.69) is 44.3 Å². The van der Waals surface area contributed by atoms with Crippen molar-refractivity contribution in [2.75, 3.05) is 19.7 Å². The van der Waals surface area contributed by atoms with Crippen molar-refractivity contribution in [3.05, 3.63) is 29.3 Å². The van der Waals surface area contributed by atoms with Crippen molar-refractivity contribution in [1.29, 1.82) is 0 Å². The monoisotopic (exact) mass is 235 g/mol. The molecule has 0 saturated heterocycles. The van der Waals surface area contributed by atoms with Crippen molar-refractivity contribution in [3.8, 4) is 5.75 Å². The molecular formula is C15H25NO. The van der Waals surface area contributed by atoms with E-state index >= 15 is 0 Å². The van der Waals surface area contributed by atoms with Gasteiger partial charge in [0.15, 0.2) is 0 Å². The fraction of sp³-hybridized carbons (Fsp3) is 0.600. The van der Waals surface area contributed by atoms with E-state index in [1.807, 2.05) is 6.92 Å². The highest BCUT2D eigenvalue weighted by Gasteiger charge is 2.03. The number of benzene rings is 1. The highest BCUT2D eigenvalue weighted by atomic mass is 16.5. The Hall–Kier alpha value is -1.02. The SMILES string of the molecule is CCOc1ccc(C)cc1CCNCC(C)C. The van der Waals surface area contributed by atoms with Gasteiger partial charge in [0.2, 0.25) is 0 Å². The number of rotatable bonds is 7. The van der Waals surface area contributed by atoms with E-state index in [0.717, 1.165) is 31.9 Å². The molecule has 1 aromatic carbocycles. The molecule has 2 heteroatoms. The van der Waals surface area contributed by atoms with Crippen LogP contribution >= 0.6 is 0 Å². The summed E-state index contributed by atoms with van der Waals surface area (Å²) >= 11 is 0. The third-order valence-electron chi connectivity index (χ3n) is 2.64. The summed E-state index contributed by atoms with van der Waals surface area (Å²) in [6.45, 7) is 11.4. The molecule has 0 aliphatic heterocycles. The van der Waals surface area contributed by atoms with Gasteiger partial charge >= 0.3 is 0 Å². The van der Waals surface area contributed by atoms with Gasteiger partial charge in [-0.15, -0.1) is 0 Å². The smallest absolute Gasteiger partial charge is 0.122 e. The number of hydrogen-bond donors (Lipinski definition) is 1. The van der Waals surface area contributed by atoms with E-state index in [0.29, 0.717) is 5.92 Å². The Kier molecular flexibility index (Phi) is 6.06. The normalized spacial score (nSPS) is 10.9. The van der Waals surface area contributed by atoms with Crippen LogP contribution in [-0.2, 0) is 6.42 Å². The van der Waals surface area contributed by atoms with Crippen molar-refractivity contribution in [2.45, 2.75) is 34.1 Å². The Morgan fingerprint density at radius 1 is 1.29 bits per heavy atom. The maximum absolute atomic E-state index is 5.64. The molecule has 0 fully saturated rings. The fourth-order valence-electron chi connectivity index (χ4n) is 1.81. The van der Waals surface area contributed by atoms with Gasteiger partial charge in [0, 0.05) is 0 Å². The minimum atomic E-state index is 0.707. The summed E-state index contributed by atoms with van der Waals surface area (Å²) in [5.74, 6) is 1.74. The van der Waals surface area contributed by atoms with E-state index in [1.165, 1.54) is 11.1 Å². The Balaban J connectivity index is 2.52. The van der Waals surface area contributed by atoms with Crippen LogP contribution in [0.5, 0.6) is 5.75 Å². The quantitative estimate of drug-likeness (QED) is 0.733. The maximum Gasteiger partial charge on any atom is 0.122 e. The van der Waals surface area contributed by atoms with E-state index in [1.54, 1.807) is 0 Å². The van der Waals surface area contributed by atoms with Crippen LogP contribution < -0.4 is 10.1 Å². The molecule has 0 amide bonds. The van der Waals surface area contributed by atoms with Crippen molar-refractivity contribution in [3.63, 3.8) is 0 Å². The molecular weight excluding hydrogens is 210 g/mol. The van der Waals surface area contributed by atoms with E-state index < -0.39 is 0 Å². The Labute approximate surface area is 105 Å². The molecule has 0 saturated carbocycles. The number of hydrogen-bond acceptors (Lipinski definition) is 2. The summed E-state index contributed by atoms with van der Waals surface area (Å²) in [7, 11) is 0. The first-order chi connectivity index (χ1) is 8.13. The molecule has 0 unspecified atom stereocenters. The predicted octanol–water partition coefficient (Wildman–Crippen LogP) is 3.18. The summed E-state index contributed by atoms with van der Waals surface area (Å²) in [4.78, 5) is 0. The molecule has 0 radical (unpaired) electrons. The lowest BCUT2D eigenvalue weighted by Crippen LogP contribution is -2.22. The highest BCUT2D eigenvalue weighted by molar-refractivity contribution is 5.37. The first-order valence-electron chi connectivity index (χ1n) is 6.56. The summed E-state index contributed by atoms with van der Waals surface area (Å²) in [5.41, 5.74) is 2.61. The Bertz CT molecular complexity index is 334. The second kappa shape index (κ2) is 7.33. The zero-order chi connectivity index (χ0) is 12.7. The van der Waals surface area contributed by atoms with Crippen LogP contribution in [0.25, 0.3) is 0 Å². The average molecular weight is 235 g/mol. The second-order valence-corrected chi connectivity index (χ2v) is 4.89. The van der Waals surface area contributed by atoms with Crippen molar-refractivity contribution < 1.29 is 4.74 Å². The van der Waals surface area contributed by atoms with Crippen LogP contribution in [0, 0.1) is 12.8 Å². The van der Waals surface area contributed by atoms with Gasteiger partial charge in [-0.25, -0.2) is 0 Å². The number of nitrogens with one attached hydrogen (secondary N) is 1. The third-order valence-corrected chi connectivity index (χ3v) is 2.64. The standard InChI is InChI=1S/C15H25NO/c1-5-17-15-7-6-13(4)10-14(15)8-9-16-11-12(2)3/h6-7,10,12,16H,5,8-9,11H2,1-4H3. The summed E-state index contributed by atoms with van der Waals surface area (Å²) in [5, 5.41) is 3.47. The Morgan fingerprint density at radius 3 is 2.71 bits per heavy atom. The molecule has 1 rings (SSSR count). The highest BCUT2D eigenvalue weighted by Crippen LogP contribution is 2.20. The predicted molar refractivity (Wildman–Crippen MR) is 73.8 cm³/mol. The first-order valence-corrected chi connectivity index (χ1v) is 6.56. The van der Waals surface area contributed by atoms with Crippen molar-refractivity contribution in [2.24, 2.45) is 5.92 Å². The van der Waals surface area contributed by atoms with Gasteiger partial charge in [-0.1, -0.05) is 31.5 Å². The van der Waals surface area contributed by atoms with E-state index in [4.69, 9.17) is 4.74 Å². The third kappa shape index (κ3) is 5.22. The van der Waals surface area contributed by atoms with E-state index in [9.17, 15) is 0 Å². The molecule has 0 bridgehead atoms. The van der Waals surface area contributed by atoms with E-state index in [-0.39, 0.29) is 0 Å². The van der Waals surface area contributed by atoms with Crippen LogP contribution in [0.1, 0.15) is 31.9 Å². The van der Waals surface area contributed by atoms with Crippen molar-refractivity contribution >= 4 is 0 Å². The fourth-order valence-corrected chi connectivity index (χ4v) is 1.81. The summed E-state index contributed by atoms with van der Waals surface area (Å²) in [6.07, 6.45) is 1.03. The molecule has 0 heterocycles. The molecule has 1 N–H and O–H groups in total. The zero-order valence-electron chi connectivity index (χ0n) is 11.5. The molecule has 1 aromatic rings. The van der Waals surface area contributed by atoms with Crippen LogP contribution in [0.3, 0.4) is 0 Å². The molecule has 0 atom stereocenters. The van der Waals surface area contributed by atoms with Crippen molar-refractivity contribution in [1.82, 2.24) is 5.32 Å². The van der Waals surface area contributed by atoms with Gasteiger partial charge in [0.1, 0.15) is 5.75 Å². The van der Waals surface area contributed by atoms with Crippen LogP contribution in [-0.4, -0.2) is 19.7 Å². The molecule has 0 aliphatic carbocycles. The van der Waals surface area contributed by atoms with Gasteiger partial charge < -0.3 is 10.1 Å². The lowest BCUT2D eigenvalue weighted by Gasteiger charge is -2.12. The molecule has 17 heavy (non-hydrogen) atoms. The van der Waals surface area contributed by atoms with Crippen LogP contribution in [0.4, 0.5) is 0 Å². The minimum Gasteiger partial charge on any atom is -0.494 e. The topological polar surface area (TPSA) is 21.3 Å². The first kappa shape index (κ1) is 14.0. The minimum absolute atomic E-state index is 0.707. The lowest BCUT2D eigenvalue weighted by molar-refractivity contribution is 0.336. The second-order valence-electron chi connectivity index (χ2n) is 4.89. The molecule has 0 aliphatic rings. The van der Waals surface area contributed by atoms with Gasteiger partial charge in [-0.3, -0.25) is 0 Å². The summed E-state index contributed by atoms with van der Waals surface area (Å²) in [6, 6.07) is 6.41. The molecule has 96 valence electrons. The molecule has 0 spiro atoms. The molecule has 2 nitrogen and oxygen atoms in total. The largest absolute Gasteiger partial charge is 0.494 e. The average Bonchev–Trinajstić information content (AvgIpc) is 2.28.